The van der Waals surface area contributed by atoms with Gasteiger partial charge in [0.05, 0.1) is 13.2 Å². The molecule has 0 saturated carbocycles. The van der Waals surface area contributed by atoms with Gasteiger partial charge in [-0.25, -0.2) is 0 Å². The summed E-state index contributed by atoms with van der Waals surface area (Å²) in [7, 11) is 0. The molecular weight excluding hydrogens is 256 g/mol. The highest BCUT2D eigenvalue weighted by Gasteiger charge is 2.33. The Balaban J connectivity index is 1.66. The van der Waals surface area contributed by atoms with E-state index in [-0.39, 0.29) is 11.3 Å². The summed E-state index contributed by atoms with van der Waals surface area (Å²) in [6.07, 6.45) is 0. The van der Waals surface area contributed by atoms with E-state index in [9.17, 15) is 4.79 Å². The molecule has 1 N–H and O–H groups in total. The summed E-state index contributed by atoms with van der Waals surface area (Å²) in [5, 5.41) is 6.68. The largest absolute Gasteiger partial charge is 0.380 e. The molecule has 1 fully saturated rings. The van der Waals surface area contributed by atoms with E-state index in [4.69, 9.17) is 9.26 Å². The van der Waals surface area contributed by atoms with Crippen LogP contribution >= 0.6 is 0 Å². The Bertz CT molecular complexity index is 603. The lowest BCUT2D eigenvalue weighted by molar-refractivity contribution is -0.0978. The summed E-state index contributed by atoms with van der Waals surface area (Å²) in [5.41, 5.74) is 1.24. The monoisotopic (exact) mass is 272 g/mol. The normalized spacial score (nSPS) is 16.4. The standard InChI is InChI=1S/C15H16N2O3/c1-15(9-19-10-15)8-16-14(18)12-7-13(20-17-12)11-5-3-2-4-6-11/h2-7H,8-10H2,1H3,(H,16,18). The quantitative estimate of drug-likeness (QED) is 0.925. The molecule has 1 aromatic carbocycles. The van der Waals surface area contributed by atoms with Gasteiger partial charge < -0.3 is 14.6 Å². The molecule has 1 aliphatic rings. The van der Waals surface area contributed by atoms with Gasteiger partial charge in [0, 0.05) is 23.6 Å². The van der Waals surface area contributed by atoms with Crippen LogP contribution in [0.1, 0.15) is 17.4 Å². The lowest BCUT2D eigenvalue weighted by Gasteiger charge is -2.37. The predicted molar refractivity (Wildman–Crippen MR) is 73.2 cm³/mol. The Labute approximate surface area is 116 Å². The number of ether oxygens (including phenoxy) is 1. The average molecular weight is 272 g/mol. The van der Waals surface area contributed by atoms with Crippen molar-refractivity contribution in [3.8, 4) is 11.3 Å². The van der Waals surface area contributed by atoms with E-state index in [1.165, 1.54) is 0 Å². The highest BCUT2D eigenvalue weighted by Crippen LogP contribution is 2.25. The highest BCUT2D eigenvalue weighted by molar-refractivity contribution is 5.93. The maximum atomic E-state index is 12.0. The van der Waals surface area contributed by atoms with Gasteiger partial charge in [0.15, 0.2) is 11.5 Å². The zero-order chi connectivity index (χ0) is 14.0. The number of hydrogen-bond acceptors (Lipinski definition) is 4. The van der Waals surface area contributed by atoms with Gasteiger partial charge >= 0.3 is 0 Å². The molecule has 1 amide bonds. The molecule has 0 radical (unpaired) electrons. The van der Waals surface area contributed by atoms with E-state index in [2.05, 4.69) is 17.4 Å². The summed E-state index contributed by atoms with van der Waals surface area (Å²) in [4.78, 5) is 12.0. The first kappa shape index (κ1) is 12.9. The van der Waals surface area contributed by atoms with Gasteiger partial charge in [0.2, 0.25) is 0 Å². The van der Waals surface area contributed by atoms with Crippen molar-refractivity contribution < 1.29 is 14.1 Å². The maximum absolute atomic E-state index is 12.0. The number of aromatic nitrogens is 1. The van der Waals surface area contributed by atoms with E-state index in [0.717, 1.165) is 5.56 Å². The smallest absolute Gasteiger partial charge is 0.273 e. The van der Waals surface area contributed by atoms with Crippen molar-refractivity contribution in [1.82, 2.24) is 10.5 Å². The minimum atomic E-state index is -0.218. The molecule has 5 nitrogen and oxygen atoms in total. The lowest BCUT2D eigenvalue weighted by Crippen LogP contribution is -2.48. The van der Waals surface area contributed by atoms with Crippen LogP contribution in [-0.4, -0.2) is 30.8 Å². The van der Waals surface area contributed by atoms with E-state index < -0.39 is 0 Å². The van der Waals surface area contributed by atoms with Crippen LogP contribution in [0.4, 0.5) is 0 Å². The second kappa shape index (κ2) is 5.09. The fourth-order valence-corrected chi connectivity index (χ4v) is 2.06. The minimum Gasteiger partial charge on any atom is -0.380 e. The van der Waals surface area contributed by atoms with Crippen LogP contribution in [0.25, 0.3) is 11.3 Å². The van der Waals surface area contributed by atoms with E-state index >= 15 is 0 Å². The summed E-state index contributed by atoms with van der Waals surface area (Å²) >= 11 is 0. The molecule has 2 heterocycles. The summed E-state index contributed by atoms with van der Waals surface area (Å²) in [6.45, 7) is 4.02. The number of nitrogens with one attached hydrogen (secondary N) is 1. The zero-order valence-electron chi connectivity index (χ0n) is 11.3. The molecule has 104 valence electrons. The van der Waals surface area contributed by atoms with Crippen molar-refractivity contribution in [3.05, 3.63) is 42.1 Å². The highest BCUT2D eigenvalue weighted by atomic mass is 16.5. The Morgan fingerprint density at radius 1 is 1.35 bits per heavy atom. The summed E-state index contributed by atoms with van der Waals surface area (Å²) in [6, 6.07) is 11.2. The SMILES string of the molecule is CC1(CNC(=O)c2cc(-c3ccccc3)on2)COC1. The third-order valence-electron chi connectivity index (χ3n) is 3.38. The Kier molecular flexibility index (Phi) is 3.28. The first-order valence-corrected chi connectivity index (χ1v) is 6.54. The molecule has 0 unspecified atom stereocenters. The molecule has 0 aliphatic carbocycles. The Morgan fingerprint density at radius 3 is 2.75 bits per heavy atom. The first-order chi connectivity index (χ1) is 9.66. The number of rotatable bonds is 4. The van der Waals surface area contributed by atoms with Crippen LogP contribution < -0.4 is 5.32 Å². The molecule has 1 aromatic heterocycles. The van der Waals surface area contributed by atoms with Gasteiger partial charge in [0.1, 0.15) is 0 Å². The van der Waals surface area contributed by atoms with Gasteiger partial charge in [-0.05, 0) is 0 Å². The van der Waals surface area contributed by atoms with Crippen LogP contribution in [0, 0.1) is 5.41 Å². The molecule has 20 heavy (non-hydrogen) atoms. The van der Waals surface area contributed by atoms with Gasteiger partial charge in [-0.2, -0.15) is 0 Å². The topological polar surface area (TPSA) is 64.4 Å². The van der Waals surface area contributed by atoms with Gasteiger partial charge in [0.25, 0.3) is 5.91 Å². The van der Waals surface area contributed by atoms with E-state index in [0.29, 0.717) is 31.2 Å². The van der Waals surface area contributed by atoms with Crippen molar-refractivity contribution in [3.63, 3.8) is 0 Å². The number of carbonyl (C=O) groups is 1. The van der Waals surface area contributed by atoms with E-state index in [1.807, 2.05) is 30.3 Å². The molecule has 1 saturated heterocycles. The summed E-state index contributed by atoms with van der Waals surface area (Å²) < 4.78 is 10.4. The van der Waals surface area contributed by atoms with Gasteiger partial charge in [-0.15, -0.1) is 0 Å². The molecule has 5 heteroatoms. The van der Waals surface area contributed by atoms with Crippen molar-refractivity contribution in [2.45, 2.75) is 6.92 Å². The third kappa shape index (κ3) is 2.58. The minimum absolute atomic E-state index is 0.0433. The van der Waals surface area contributed by atoms with Crippen molar-refractivity contribution in [1.29, 1.82) is 0 Å². The Morgan fingerprint density at radius 2 is 2.10 bits per heavy atom. The van der Waals surface area contributed by atoms with E-state index in [1.54, 1.807) is 6.07 Å². The first-order valence-electron chi connectivity index (χ1n) is 6.54. The summed E-state index contributed by atoms with van der Waals surface area (Å²) in [5.74, 6) is 0.373. The third-order valence-corrected chi connectivity index (χ3v) is 3.38. The van der Waals surface area contributed by atoms with Crippen molar-refractivity contribution >= 4 is 5.91 Å². The fourth-order valence-electron chi connectivity index (χ4n) is 2.06. The van der Waals surface area contributed by atoms with Crippen LogP contribution in [-0.2, 0) is 4.74 Å². The number of benzene rings is 1. The molecule has 3 rings (SSSR count). The number of hydrogen-bond donors (Lipinski definition) is 1. The zero-order valence-corrected chi connectivity index (χ0v) is 11.3. The van der Waals surface area contributed by atoms with Gasteiger partial charge in [-0.1, -0.05) is 42.4 Å². The molecule has 0 spiro atoms. The lowest BCUT2D eigenvalue weighted by atomic mass is 9.89. The van der Waals surface area contributed by atoms with Crippen LogP contribution in [0.5, 0.6) is 0 Å². The molecule has 2 aromatic rings. The second-order valence-electron chi connectivity index (χ2n) is 5.43. The number of carbonyl (C=O) groups excluding carboxylic acids is 1. The number of amides is 1. The van der Waals surface area contributed by atoms with Crippen LogP contribution in [0.3, 0.4) is 0 Å². The average Bonchev–Trinajstić information content (AvgIpc) is 2.93. The van der Waals surface area contributed by atoms with Crippen LogP contribution in [0.15, 0.2) is 40.9 Å². The molecule has 0 atom stereocenters. The number of nitrogens with zero attached hydrogens (tertiary/aromatic N) is 1. The predicted octanol–water partition coefficient (Wildman–Crippen LogP) is 2.11. The molecular formula is C15H16N2O3. The molecule has 1 aliphatic heterocycles. The fraction of sp³-hybridized carbons (Fsp3) is 0.333. The van der Waals surface area contributed by atoms with Crippen molar-refractivity contribution in [2.24, 2.45) is 5.41 Å². The second-order valence-corrected chi connectivity index (χ2v) is 5.43. The molecule has 0 bridgehead atoms. The van der Waals surface area contributed by atoms with Crippen molar-refractivity contribution in [2.75, 3.05) is 19.8 Å². The van der Waals surface area contributed by atoms with Crippen LogP contribution in [0.2, 0.25) is 0 Å². The Hall–Kier alpha value is -2.14. The van der Waals surface area contributed by atoms with Gasteiger partial charge in [-0.3, -0.25) is 4.79 Å². The maximum Gasteiger partial charge on any atom is 0.273 e.